The average molecular weight is 358 g/mol. The summed E-state index contributed by atoms with van der Waals surface area (Å²) in [6, 6.07) is 8.35. The number of hydrogen-bond acceptors (Lipinski definition) is 3. The van der Waals surface area contributed by atoms with Crippen LogP contribution < -0.4 is 5.32 Å². The minimum atomic E-state index is 0.0674. The molecule has 1 aromatic carbocycles. The van der Waals surface area contributed by atoms with E-state index in [1.54, 1.807) is 0 Å². The van der Waals surface area contributed by atoms with E-state index in [0.29, 0.717) is 6.54 Å². The summed E-state index contributed by atoms with van der Waals surface area (Å²) in [5.41, 5.74) is 2.41. The van der Waals surface area contributed by atoms with Crippen molar-refractivity contribution in [3.63, 3.8) is 0 Å². The summed E-state index contributed by atoms with van der Waals surface area (Å²) in [5.74, 6) is 0. The van der Waals surface area contributed by atoms with Crippen molar-refractivity contribution in [2.24, 2.45) is 0 Å². The van der Waals surface area contributed by atoms with Crippen LogP contribution in [0.3, 0.4) is 0 Å². The minimum Gasteiger partial charge on any atom is -0.361 e. The number of H-pyrrole nitrogens is 1. The highest BCUT2D eigenvalue weighted by atomic mass is 16.2. The van der Waals surface area contributed by atoms with Crippen molar-refractivity contribution in [2.75, 3.05) is 59.9 Å². The van der Waals surface area contributed by atoms with Gasteiger partial charge in [0, 0.05) is 49.8 Å². The third kappa shape index (κ3) is 4.99. The molecule has 0 radical (unpaired) electrons. The standard InChI is InChI=1S/C20H31N5O/c1-23(2)10-5-11-24-12-14-25(15-13-24)20(26)21-9-8-17-16-22-19-7-4-3-6-18(17)19/h3-4,6-7,16,22H,5,8-15H2,1-2H3,(H,21,26). The lowest BCUT2D eigenvalue weighted by molar-refractivity contribution is 0.136. The van der Waals surface area contributed by atoms with Gasteiger partial charge in [0.05, 0.1) is 0 Å². The Labute approximate surface area is 156 Å². The zero-order valence-electron chi connectivity index (χ0n) is 16.0. The van der Waals surface area contributed by atoms with Crippen LogP contribution in [0.5, 0.6) is 0 Å². The van der Waals surface area contributed by atoms with Crippen LogP contribution in [-0.4, -0.2) is 85.6 Å². The molecule has 0 unspecified atom stereocenters. The highest BCUT2D eigenvalue weighted by Crippen LogP contribution is 2.17. The summed E-state index contributed by atoms with van der Waals surface area (Å²) < 4.78 is 0. The van der Waals surface area contributed by atoms with Gasteiger partial charge in [0.1, 0.15) is 0 Å². The Balaban J connectivity index is 1.37. The van der Waals surface area contributed by atoms with Crippen LogP contribution in [0.15, 0.2) is 30.5 Å². The molecule has 1 aliphatic rings. The number of nitrogens with one attached hydrogen (secondary N) is 2. The van der Waals surface area contributed by atoms with Gasteiger partial charge in [0.15, 0.2) is 0 Å². The van der Waals surface area contributed by atoms with E-state index in [1.165, 1.54) is 17.4 Å². The van der Waals surface area contributed by atoms with Crippen LogP contribution in [0.25, 0.3) is 10.9 Å². The molecule has 0 atom stereocenters. The zero-order chi connectivity index (χ0) is 18.4. The van der Waals surface area contributed by atoms with Crippen LogP contribution in [-0.2, 0) is 6.42 Å². The Morgan fingerprint density at radius 2 is 1.96 bits per heavy atom. The van der Waals surface area contributed by atoms with Crippen molar-refractivity contribution in [3.8, 4) is 0 Å². The van der Waals surface area contributed by atoms with Gasteiger partial charge < -0.3 is 20.1 Å². The molecular weight excluding hydrogens is 326 g/mol. The van der Waals surface area contributed by atoms with Crippen molar-refractivity contribution in [3.05, 3.63) is 36.0 Å². The fraction of sp³-hybridized carbons (Fsp3) is 0.550. The number of aromatic amines is 1. The van der Waals surface area contributed by atoms with E-state index in [0.717, 1.165) is 51.2 Å². The quantitative estimate of drug-likeness (QED) is 0.797. The topological polar surface area (TPSA) is 54.6 Å². The number of aromatic nitrogens is 1. The van der Waals surface area contributed by atoms with Gasteiger partial charge >= 0.3 is 6.03 Å². The maximum Gasteiger partial charge on any atom is 0.317 e. The summed E-state index contributed by atoms with van der Waals surface area (Å²) in [5, 5.41) is 4.32. The molecule has 2 aromatic rings. The number of nitrogens with zero attached hydrogens (tertiary/aromatic N) is 3. The average Bonchev–Trinajstić information content (AvgIpc) is 3.05. The molecule has 2 N–H and O–H groups in total. The van der Waals surface area contributed by atoms with Gasteiger partial charge in [0.25, 0.3) is 0 Å². The molecule has 1 aliphatic heterocycles. The molecule has 6 heteroatoms. The molecule has 1 fully saturated rings. The molecule has 2 heterocycles. The lowest BCUT2D eigenvalue weighted by atomic mass is 10.1. The van der Waals surface area contributed by atoms with Crippen molar-refractivity contribution < 1.29 is 4.79 Å². The number of fused-ring (bicyclic) bond motifs is 1. The van der Waals surface area contributed by atoms with Crippen molar-refractivity contribution in [2.45, 2.75) is 12.8 Å². The Morgan fingerprint density at radius 3 is 2.73 bits per heavy atom. The van der Waals surface area contributed by atoms with Gasteiger partial charge in [-0.15, -0.1) is 0 Å². The highest BCUT2D eigenvalue weighted by Gasteiger charge is 2.20. The van der Waals surface area contributed by atoms with E-state index in [4.69, 9.17) is 0 Å². The number of rotatable bonds is 7. The van der Waals surface area contributed by atoms with E-state index in [1.807, 2.05) is 17.2 Å². The van der Waals surface area contributed by atoms with Gasteiger partial charge in [-0.3, -0.25) is 4.90 Å². The normalized spacial score (nSPS) is 15.7. The fourth-order valence-corrected chi connectivity index (χ4v) is 3.54. The van der Waals surface area contributed by atoms with Crippen molar-refractivity contribution in [1.29, 1.82) is 0 Å². The first kappa shape index (κ1) is 18.7. The van der Waals surface area contributed by atoms with E-state index in [-0.39, 0.29) is 6.03 Å². The number of benzene rings is 1. The highest BCUT2D eigenvalue weighted by molar-refractivity contribution is 5.83. The molecule has 1 saturated heterocycles. The summed E-state index contributed by atoms with van der Waals surface area (Å²) in [7, 11) is 4.22. The number of urea groups is 1. The molecule has 0 aliphatic carbocycles. The van der Waals surface area contributed by atoms with Crippen LogP contribution in [0.1, 0.15) is 12.0 Å². The molecule has 26 heavy (non-hydrogen) atoms. The van der Waals surface area contributed by atoms with E-state index in [2.05, 4.69) is 52.4 Å². The molecule has 0 spiro atoms. The first-order valence-electron chi connectivity index (χ1n) is 9.58. The lowest BCUT2D eigenvalue weighted by Crippen LogP contribution is -2.52. The smallest absolute Gasteiger partial charge is 0.317 e. The third-order valence-electron chi connectivity index (χ3n) is 5.08. The number of piperazine rings is 1. The van der Waals surface area contributed by atoms with Gasteiger partial charge in [-0.05, 0) is 51.7 Å². The maximum absolute atomic E-state index is 12.4. The SMILES string of the molecule is CN(C)CCCN1CCN(C(=O)NCCc2c[nH]c3ccccc23)CC1. The first-order valence-corrected chi connectivity index (χ1v) is 9.58. The van der Waals surface area contributed by atoms with Gasteiger partial charge in [-0.2, -0.15) is 0 Å². The number of hydrogen-bond donors (Lipinski definition) is 2. The second kappa shape index (κ2) is 9.05. The van der Waals surface area contributed by atoms with Crippen molar-refractivity contribution >= 4 is 16.9 Å². The monoisotopic (exact) mass is 357 g/mol. The fourth-order valence-electron chi connectivity index (χ4n) is 3.54. The molecule has 0 saturated carbocycles. The van der Waals surface area contributed by atoms with E-state index >= 15 is 0 Å². The van der Waals surface area contributed by atoms with Crippen LogP contribution in [0, 0.1) is 0 Å². The maximum atomic E-state index is 12.4. The van der Waals surface area contributed by atoms with Crippen molar-refractivity contribution in [1.82, 2.24) is 25.0 Å². The number of carbonyl (C=O) groups is 1. The largest absolute Gasteiger partial charge is 0.361 e. The molecule has 1 aromatic heterocycles. The Kier molecular flexibility index (Phi) is 6.52. The number of carbonyl (C=O) groups excluding carboxylic acids is 1. The van der Waals surface area contributed by atoms with Crippen LogP contribution in [0.4, 0.5) is 4.79 Å². The molecular formula is C20H31N5O. The van der Waals surface area contributed by atoms with Gasteiger partial charge in [-0.1, -0.05) is 18.2 Å². The Morgan fingerprint density at radius 1 is 1.19 bits per heavy atom. The summed E-state index contributed by atoms with van der Waals surface area (Å²) in [4.78, 5) is 22.3. The van der Waals surface area contributed by atoms with Gasteiger partial charge in [0.2, 0.25) is 0 Å². The number of amides is 2. The molecule has 6 nitrogen and oxygen atoms in total. The first-order chi connectivity index (χ1) is 12.6. The Bertz CT molecular complexity index is 703. The molecule has 3 rings (SSSR count). The minimum absolute atomic E-state index is 0.0674. The Hall–Kier alpha value is -2.05. The molecule has 0 bridgehead atoms. The summed E-state index contributed by atoms with van der Waals surface area (Å²) in [6.45, 7) is 6.50. The summed E-state index contributed by atoms with van der Waals surface area (Å²) in [6.07, 6.45) is 4.08. The predicted molar refractivity (Wildman–Crippen MR) is 107 cm³/mol. The number of para-hydroxylation sites is 1. The van der Waals surface area contributed by atoms with Crippen LogP contribution >= 0.6 is 0 Å². The van der Waals surface area contributed by atoms with Crippen LogP contribution in [0.2, 0.25) is 0 Å². The second-order valence-corrected chi connectivity index (χ2v) is 7.33. The summed E-state index contributed by atoms with van der Waals surface area (Å²) >= 11 is 0. The van der Waals surface area contributed by atoms with E-state index in [9.17, 15) is 4.79 Å². The molecule has 2 amide bonds. The lowest BCUT2D eigenvalue weighted by Gasteiger charge is -2.34. The van der Waals surface area contributed by atoms with E-state index < -0.39 is 0 Å². The second-order valence-electron chi connectivity index (χ2n) is 7.33. The predicted octanol–water partition coefficient (Wildman–Crippen LogP) is 1.99. The molecule has 142 valence electrons. The zero-order valence-corrected chi connectivity index (χ0v) is 16.0. The van der Waals surface area contributed by atoms with Gasteiger partial charge in [-0.25, -0.2) is 4.79 Å². The third-order valence-corrected chi connectivity index (χ3v) is 5.08.